The molecule has 3 nitrogen and oxygen atoms in total. The first-order chi connectivity index (χ1) is 7.54. The molecule has 2 unspecified atom stereocenters. The Balaban J connectivity index is 2.49. The zero-order chi connectivity index (χ0) is 12.1. The van der Waals surface area contributed by atoms with Crippen molar-refractivity contribution in [2.75, 3.05) is 33.2 Å². The lowest BCUT2D eigenvalue weighted by Crippen LogP contribution is -2.41. The zero-order valence-electron chi connectivity index (χ0n) is 11.2. The lowest BCUT2D eigenvalue weighted by molar-refractivity contribution is -0.124. The van der Waals surface area contributed by atoms with Crippen LogP contribution in [0, 0.1) is 5.92 Å². The largest absolute Gasteiger partial charge is 0.305 e. The molecule has 1 fully saturated rings. The van der Waals surface area contributed by atoms with Gasteiger partial charge in [-0.15, -0.1) is 0 Å². The quantitative estimate of drug-likeness (QED) is 0.728. The number of Topliss-reactive ketones (excluding diaryl/α,β-unsaturated/α-hetero) is 1. The minimum Gasteiger partial charge on any atom is -0.305 e. The summed E-state index contributed by atoms with van der Waals surface area (Å²) in [5.74, 6) is 0.618. The Kier molecular flexibility index (Phi) is 5.42. The Morgan fingerprint density at radius 1 is 1.44 bits per heavy atom. The van der Waals surface area contributed by atoms with Gasteiger partial charge in [-0.3, -0.25) is 9.69 Å². The molecule has 0 aliphatic carbocycles. The summed E-state index contributed by atoms with van der Waals surface area (Å²) in [6.07, 6.45) is 2.13. The van der Waals surface area contributed by atoms with Gasteiger partial charge in [0.2, 0.25) is 0 Å². The van der Waals surface area contributed by atoms with Crippen molar-refractivity contribution in [3.63, 3.8) is 0 Å². The highest BCUT2D eigenvalue weighted by atomic mass is 16.1. The van der Waals surface area contributed by atoms with Gasteiger partial charge in [-0.05, 0) is 33.4 Å². The van der Waals surface area contributed by atoms with Gasteiger partial charge >= 0.3 is 0 Å². The van der Waals surface area contributed by atoms with E-state index in [2.05, 4.69) is 30.7 Å². The minimum atomic E-state index is 0.216. The zero-order valence-corrected chi connectivity index (χ0v) is 11.2. The third-order valence-corrected chi connectivity index (χ3v) is 3.71. The van der Waals surface area contributed by atoms with E-state index in [4.69, 9.17) is 0 Å². The first kappa shape index (κ1) is 13.7. The molecule has 1 aliphatic rings. The number of likely N-dealkylation sites (N-methyl/N-ethyl adjacent to an activating group) is 1. The smallest absolute Gasteiger partial charge is 0.149 e. The summed E-state index contributed by atoms with van der Waals surface area (Å²) in [6, 6.07) is 0.500. The van der Waals surface area contributed by atoms with Crippen molar-refractivity contribution in [2.45, 2.75) is 39.7 Å². The Morgan fingerprint density at radius 2 is 2.12 bits per heavy atom. The fourth-order valence-corrected chi connectivity index (χ4v) is 2.24. The van der Waals surface area contributed by atoms with E-state index in [1.165, 1.54) is 6.42 Å². The van der Waals surface area contributed by atoms with Gasteiger partial charge in [0.05, 0.1) is 6.54 Å². The van der Waals surface area contributed by atoms with Gasteiger partial charge in [0, 0.05) is 25.0 Å². The summed E-state index contributed by atoms with van der Waals surface area (Å²) in [5.41, 5.74) is 0. The molecule has 1 heterocycles. The van der Waals surface area contributed by atoms with Gasteiger partial charge in [0.25, 0.3) is 0 Å². The maximum Gasteiger partial charge on any atom is 0.149 e. The summed E-state index contributed by atoms with van der Waals surface area (Å²) < 4.78 is 0. The van der Waals surface area contributed by atoms with Crippen LogP contribution >= 0.6 is 0 Å². The molecule has 0 aromatic rings. The van der Waals surface area contributed by atoms with Gasteiger partial charge in [-0.25, -0.2) is 0 Å². The molecule has 0 radical (unpaired) electrons. The number of carbonyl (C=O) groups is 1. The monoisotopic (exact) mass is 226 g/mol. The second-order valence-electron chi connectivity index (χ2n) is 5.21. The third kappa shape index (κ3) is 3.87. The molecular weight excluding hydrogens is 200 g/mol. The Hall–Kier alpha value is -0.410. The fourth-order valence-electron chi connectivity index (χ4n) is 2.24. The summed E-state index contributed by atoms with van der Waals surface area (Å²) in [5, 5.41) is 0. The van der Waals surface area contributed by atoms with Gasteiger partial charge in [-0.1, -0.05) is 13.8 Å². The van der Waals surface area contributed by atoms with E-state index in [1.54, 1.807) is 0 Å². The maximum absolute atomic E-state index is 11.9. The molecule has 94 valence electrons. The molecule has 0 saturated carbocycles. The number of hydrogen-bond donors (Lipinski definition) is 0. The molecule has 2 atom stereocenters. The lowest BCUT2D eigenvalue weighted by Gasteiger charge is -2.27. The highest BCUT2D eigenvalue weighted by Gasteiger charge is 2.22. The summed E-state index contributed by atoms with van der Waals surface area (Å²) >= 11 is 0. The SMILES string of the molecule is CCC(C)C(=O)CN1CCCN(C)CC1C. The summed E-state index contributed by atoms with van der Waals surface area (Å²) in [6.45, 7) is 10.3. The van der Waals surface area contributed by atoms with Gasteiger partial charge in [0.15, 0.2) is 0 Å². The molecule has 0 aromatic carbocycles. The van der Waals surface area contributed by atoms with Crippen molar-refractivity contribution in [2.24, 2.45) is 5.92 Å². The van der Waals surface area contributed by atoms with Crippen molar-refractivity contribution >= 4 is 5.78 Å². The van der Waals surface area contributed by atoms with Crippen LogP contribution in [-0.2, 0) is 4.79 Å². The predicted molar refractivity (Wildman–Crippen MR) is 67.6 cm³/mol. The maximum atomic E-state index is 11.9. The topological polar surface area (TPSA) is 23.6 Å². The fraction of sp³-hybridized carbons (Fsp3) is 0.923. The van der Waals surface area contributed by atoms with Crippen molar-refractivity contribution in [3.8, 4) is 0 Å². The van der Waals surface area contributed by atoms with Crippen LogP contribution in [0.2, 0.25) is 0 Å². The third-order valence-electron chi connectivity index (χ3n) is 3.71. The first-order valence-electron chi connectivity index (χ1n) is 6.49. The van der Waals surface area contributed by atoms with Crippen LogP contribution in [0.3, 0.4) is 0 Å². The number of carbonyl (C=O) groups excluding carboxylic acids is 1. The van der Waals surface area contributed by atoms with E-state index in [1.807, 2.05) is 6.92 Å². The van der Waals surface area contributed by atoms with E-state index in [0.29, 0.717) is 18.4 Å². The molecular formula is C13H26N2O. The van der Waals surface area contributed by atoms with Gasteiger partial charge in [0.1, 0.15) is 5.78 Å². The molecule has 3 heteroatoms. The molecule has 0 amide bonds. The van der Waals surface area contributed by atoms with Gasteiger partial charge in [-0.2, -0.15) is 0 Å². The van der Waals surface area contributed by atoms with E-state index in [-0.39, 0.29) is 5.92 Å². The Labute approximate surface area is 99.8 Å². The number of hydrogen-bond acceptors (Lipinski definition) is 3. The predicted octanol–water partition coefficient (Wildman–Crippen LogP) is 1.63. The normalized spacial score (nSPS) is 26.4. The summed E-state index contributed by atoms with van der Waals surface area (Å²) in [4.78, 5) is 16.6. The van der Waals surface area contributed by atoms with Gasteiger partial charge < -0.3 is 4.90 Å². The molecule has 0 N–H and O–H groups in total. The molecule has 0 aromatic heterocycles. The highest BCUT2D eigenvalue weighted by molar-refractivity contribution is 5.82. The molecule has 0 spiro atoms. The van der Waals surface area contributed by atoms with Crippen molar-refractivity contribution < 1.29 is 4.79 Å². The summed E-state index contributed by atoms with van der Waals surface area (Å²) in [7, 11) is 2.16. The van der Waals surface area contributed by atoms with Crippen molar-refractivity contribution in [3.05, 3.63) is 0 Å². The molecule has 0 bridgehead atoms. The van der Waals surface area contributed by atoms with Crippen molar-refractivity contribution in [1.82, 2.24) is 9.80 Å². The van der Waals surface area contributed by atoms with Crippen LogP contribution in [0.25, 0.3) is 0 Å². The second-order valence-corrected chi connectivity index (χ2v) is 5.21. The highest BCUT2D eigenvalue weighted by Crippen LogP contribution is 2.11. The van der Waals surface area contributed by atoms with E-state index < -0.39 is 0 Å². The van der Waals surface area contributed by atoms with Crippen molar-refractivity contribution in [1.29, 1.82) is 0 Å². The average Bonchev–Trinajstić information content (AvgIpc) is 2.39. The van der Waals surface area contributed by atoms with Crippen LogP contribution < -0.4 is 0 Å². The van der Waals surface area contributed by atoms with E-state index >= 15 is 0 Å². The number of rotatable bonds is 4. The van der Waals surface area contributed by atoms with Crippen LogP contribution in [0.15, 0.2) is 0 Å². The Morgan fingerprint density at radius 3 is 2.75 bits per heavy atom. The van der Waals surface area contributed by atoms with Crippen LogP contribution in [-0.4, -0.2) is 54.9 Å². The lowest BCUT2D eigenvalue weighted by atomic mass is 10.0. The van der Waals surface area contributed by atoms with Crippen LogP contribution in [0.5, 0.6) is 0 Å². The Bertz CT molecular complexity index is 230. The van der Waals surface area contributed by atoms with Crippen LogP contribution in [0.1, 0.15) is 33.6 Å². The minimum absolute atomic E-state index is 0.216. The van der Waals surface area contributed by atoms with Crippen LogP contribution in [0.4, 0.5) is 0 Å². The van der Waals surface area contributed by atoms with E-state index in [9.17, 15) is 4.79 Å². The molecule has 1 aliphatic heterocycles. The average molecular weight is 226 g/mol. The molecule has 1 rings (SSSR count). The van der Waals surface area contributed by atoms with E-state index in [0.717, 1.165) is 26.1 Å². The number of ketones is 1. The molecule has 16 heavy (non-hydrogen) atoms. The number of nitrogens with zero attached hydrogens (tertiary/aromatic N) is 2. The standard InChI is InChI=1S/C13H26N2O/c1-5-11(2)13(16)10-15-8-6-7-14(4)9-12(15)3/h11-12H,5-10H2,1-4H3. The molecule has 1 saturated heterocycles. The first-order valence-corrected chi connectivity index (χ1v) is 6.49. The second kappa shape index (κ2) is 6.36.